The summed E-state index contributed by atoms with van der Waals surface area (Å²) in [5.74, 6) is 0.891. The van der Waals surface area contributed by atoms with Gasteiger partial charge in [-0.1, -0.05) is 0 Å². The molecule has 0 saturated carbocycles. The Morgan fingerprint density at radius 3 is 2.62 bits per heavy atom. The summed E-state index contributed by atoms with van der Waals surface area (Å²) in [5, 5.41) is 3.38. The van der Waals surface area contributed by atoms with Crippen molar-refractivity contribution in [2.45, 2.75) is 25.4 Å². The van der Waals surface area contributed by atoms with Gasteiger partial charge in [-0.2, -0.15) is 0 Å². The zero-order valence-corrected chi connectivity index (χ0v) is 8.13. The first-order valence-corrected chi connectivity index (χ1v) is 5.35. The molecular weight excluding hydrogens is 166 g/mol. The maximum Gasteiger partial charge on any atom is 0.104 e. The van der Waals surface area contributed by atoms with Crippen molar-refractivity contribution in [1.82, 2.24) is 5.32 Å². The van der Waals surface area contributed by atoms with Crippen LogP contribution in [0, 0.1) is 5.92 Å². The SMILES string of the molecule is C1CC(CCOC2COC2)CCN1. The molecule has 0 amide bonds. The zero-order valence-electron chi connectivity index (χ0n) is 8.13. The van der Waals surface area contributed by atoms with Gasteiger partial charge in [0, 0.05) is 6.61 Å². The van der Waals surface area contributed by atoms with Gasteiger partial charge in [0.1, 0.15) is 6.10 Å². The van der Waals surface area contributed by atoms with Crippen molar-refractivity contribution in [1.29, 1.82) is 0 Å². The first-order chi connectivity index (χ1) is 6.45. The standard InChI is InChI=1S/C10H19NO2/c1-4-11-5-2-9(1)3-6-13-10-7-12-8-10/h9-11H,1-8H2. The van der Waals surface area contributed by atoms with Gasteiger partial charge in [-0.15, -0.1) is 0 Å². The minimum atomic E-state index is 0.404. The lowest BCUT2D eigenvalue weighted by atomic mass is 9.95. The maximum absolute atomic E-state index is 5.64. The van der Waals surface area contributed by atoms with Crippen LogP contribution in [0.2, 0.25) is 0 Å². The number of rotatable bonds is 4. The highest BCUT2D eigenvalue weighted by Gasteiger charge is 2.19. The monoisotopic (exact) mass is 185 g/mol. The Morgan fingerprint density at radius 1 is 1.23 bits per heavy atom. The summed E-state index contributed by atoms with van der Waals surface area (Å²) in [6.07, 6.45) is 4.29. The van der Waals surface area contributed by atoms with Crippen LogP contribution in [0.5, 0.6) is 0 Å². The molecule has 0 aromatic carbocycles. The lowest BCUT2D eigenvalue weighted by Gasteiger charge is -2.28. The molecule has 3 nitrogen and oxygen atoms in total. The molecule has 2 aliphatic heterocycles. The van der Waals surface area contributed by atoms with Crippen molar-refractivity contribution in [3.63, 3.8) is 0 Å². The van der Waals surface area contributed by atoms with E-state index in [-0.39, 0.29) is 0 Å². The van der Waals surface area contributed by atoms with Crippen molar-refractivity contribution in [2.24, 2.45) is 5.92 Å². The second-order valence-electron chi connectivity index (χ2n) is 4.01. The predicted molar refractivity (Wildman–Crippen MR) is 50.8 cm³/mol. The van der Waals surface area contributed by atoms with Crippen molar-refractivity contribution in [3.8, 4) is 0 Å². The Kier molecular flexibility index (Phi) is 3.58. The second kappa shape index (κ2) is 4.94. The van der Waals surface area contributed by atoms with E-state index in [4.69, 9.17) is 9.47 Å². The zero-order chi connectivity index (χ0) is 8.93. The van der Waals surface area contributed by atoms with Crippen LogP contribution < -0.4 is 5.32 Å². The van der Waals surface area contributed by atoms with E-state index in [0.29, 0.717) is 6.10 Å². The van der Waals surface area contributed by atoms with E-state index >= 15 is 0 Å². The van der Waals surface area contributed by atoms with E-state index in [0.717, 1.165) is 25.7 Å². The van der Waals surface area contributed by atoms with Crippen molar-refractivity contribution in [3.05, 3.63) is 0 Å². The molecule has 0 spiro atoms. The van der Waals surface area contributed by atoms with Crippen LogP contribution in [0.15, 0.2) is 0 Å². The molecule has 76 valence electrons. The second-order valence-corrected chi connectivity index (χ2v) is 4.01. The van der Waals surface area contributed by atoms with Gasteiger partial charge in [0.15, 0.2) is 0 Å². The van der Waals surface area contributed by atoms with E-state index in [1.54, 1.807) is 0 Å². The highest BCUT2D eigenvalue weighted by molar-refractivity contribution is 4.69. The fraction of sp³-hybridized carbons (Fsp3) is 1.00. The molecule has 2 heterocycles. The lowest BCUT2D eigenvalue weighted by Crippen LogP contribution is -2.36. The van der Waals surface area contributed by atoms with Crippen molar-refractivity contribution in [2.75, 3.05) is 32.9 Å². The summed E-state index contributed by atoms with van der Waals surface area (Å²) in [5.41, 5.74) is 0. The molecule has 0 atom stereocenters. The van der Waals surface area contributed by atoms with Gasteiger partial charge in [-0.25, -0.2) is 0 Å². The van der Waals surface area contributed by atoms with Gasteiger partial charge in [-0.3, -0.25) is 0 Å². The molecule has 0 aliphatic carbocycles. The van der Waals surface area contributed by atoms with Gasteiger partial charge < -0.3 is 14.8 Å². The number of ether oxygens (including phenoxy) is 2. The summed E-state index contributed by atoms with van der Waals surface area (Å²) in [6, 6.07) is 0. The van der Waals surface area contributed by atoms with Gasteiger partial charge in [0.25, 0.3) is 0 Å². The molecule has 0 radical (unpaired) electrons. The van der Waals surface area contributed by atoms with E-state index < -0.39 is 0 Å². The van der Waals surface area contributed by atoms with Crippen LogP contribution in [0.25, 0.3) is 0 Å². The molecular formula is C10H19NO2. The highest BCUT2D eigenvalue weighted by atomic mass is 16.6. The summed E-state index contributed by atoms with van der Waals surface area (Å²) in [7, 11) is 0. The Hall–Kier alpha value is -0.120. The van der Waals surface area contributed by atoms with E-state index in [9.17, 15) is 0 Å². The third kappa shape index (κ3) is 2.93. The Balaban J connectivity index is 1.50. The van der Waals surface area contributed by atoms with Gasteiger partial charge in [-0.05, 0) is 38.3 Å². The summed E-state index contributed by atoms with van der Waals surface area (Å²) in [6.45, 7) is 4.94. The van der Waals surface area contributed by atoms with Crippen LogP contribution in [-0.4, -0.2) is 39.0 Å². The first-order valence-electron chi connectivity index (χ1n) is 5.35. The number of hydrogen-bond donors (Lipinski definition) is 1. The average Bonchev–Trinajstić information content (AvgIpc) is 2.11. The number of nitrogens with one attached hydrogen (secondary N) is 1. The fourth-order valence-electron chi connectivity index (χ4n) is 1.88. The molecule has 0 bridgehead atoms. The quantitative estimate of drug-likeness (QED) is 0.702. The molecule has 2 aliphatic rings. The minimum Gasteiger partial charge on any atom is -0.376 e. The van der Waals surface area contributed by atoms with E-state index in [1.807, 2.05) is 0 Å². The Bertz CT molecular complexity index is 142. The lowest BCUT2D eigenvalue weighted by molar-refractivity contribution is -0.131. The van der Waals surface area contributed by atoms with Crippen molar-refractivity contribution < 1.29 is 9.47 Å². The number of piperidine rings is 1. The molecule has 0 aromatic heterocycles. The van der Waals surface area contributed by atoms with Crippen LogP contribution in [0.3, 0.4) is 0 Å². The molecule has 2 rings (SSSR count). The van der Waals surface area contributed by atoms with E-state index in [2.05, 4.69) is 5.32 Å². The Morgan fingerprint density at radius 2 is 2.00 bits per heavy atom. The molecule has 3 heteroatoms. The normalized spacial score (nSPS) is 25.8. The summed E-state index contributed by atoms with van der Waals surface area (Å²) >= 11 is 0. The average molecular weight is 185 g/mol. The van der Waals surface area contributed by atoms with Crippen LogP contribution >= 0.6 is 0 Å². The minimum absolute atomic E-state index is 0.404. The highest BCUT2D eigenvalue weighted by Crippen LogP contribution is 2.16. The third-order valence-corrected chi connectivity index (χ3v) is 2.95. The summed E-state index contributed by atoms with van der Waals surface area (Å²) in [4.78, 5) is 0. The molecule has 0 unspecified atom stereocenters. The first kappa shape index (κ1) is 9.44. The van der Waals surface area contributed by atoms with Crippen LogP contribution in [0.4, 0.5) is 0 Å². The van der Waals surface area contributed by atoms with Crippen LogP contribution in [0.1, 0.15) is 19.3 Å². The number of hydrogen-bond acceptors (Lipinski definition) is 3. The maximum atomic E-state index is 5.64. The molecule has 13 heavy (non-hydrogen) atoms. The van der Waals surface area contributed by atoms with Gasteiger partial charge in [0.2, 0.25) is 0 Å². The fourth-order valence-corrected chi connectivity index (χ4v) is 1.88. The summed E-state index contributed by atoms with van der Waals surface area (Å²) < 4.78 is 10.7. The molecule has 2 saturated heterocycles. The molecule has 0 aromatic rings. The van der Waals surface area contributed by atoms with E-state index in [1.165, 1.54) is 32.4 Å². The molecule has 1 N–H and O–H groups in total. The van der Waals surface area contributed by atoms with Crippen molar-refractivity contribution >= 4 is 0 Å². The topological polar surface area (TPSA) is 30.5 Å². The third-order valence-electron chi connectivity index (χ3n) is 2.95. The van der Waals surface area contributed by atoms with Crippen LogP contribution in [-0.2, 0) is 9.47 Å². The largest absolute Gasteiger partial charge is 0.376 e. The Labute approximate surface area is 79.8 Å². The van der Waals surface area contributed by atoms with Gasteiger partial charge >= 0.3 is 0 Å². The molecule has 2 fully saturated rings. The smallest absolute Gasteiger partial charge is 0.104 e. The predicted octanol–water partition coefficient (Wildman–Crippen LogP) is 0.791. The van der Waals surface area contributed by atoms with Gasteiger partial charge in [0.05, 0.1) is 13.2 Å².